The quantitative estimate of drug-likeness (QED) is 0.779. The van der Waals surface area contributed by atoms with Crippen LogP contribution in [0.15, 0.2) is 18.2 Å². The first kappa shape index (κ1) is 13.6. The fourth-order valence-corrected chi connectivity index (χ4v) is 1.99. The Morgan fingerprint density at radius 3 is 3.11 bits per heavy atom. The summed E-state index contributed by atoms with van der Waals surface area (Å²) in [5, 5.41) is 9.08. The van der Waals surface area contributed by atoms with Crippen molar-refractivity contribution in [2.75, 3.05) is 39.1 Å². The lowest BCUT2D eigenvalue weighted by Gasteiger charge is -2.29. The van der Waals surface area contributed by atoms with Crippen molar-refractivity contribution in [1.82, 2.24) is 4.90 Å². The number of nitrogen functional groups attached to an aromatic ring is 1. The average Bonchev–Trinajstić information content (AvgIpc) is 2.36. The lowest BCUT2D eigenvalue weighted by atomic mass is 10.2. The molecule has 0 radical (unpaired) electrons. The molecular weight excluding hydrogens is 248 g/mol. The summed E-state index contributed by atoms with van der Waals surface area (Å²) in [6.45, 7) is 2.64. The first-order valence-corrected chi connectivity index (χ1v) is 6.12. The molecule has 1 saturated heterocycles. The number of hydrogen-bond acceptors (Lipinski definition) is 5. The number of carboxylic acids is 1. The smallest absolute Gasteiger partial charge is 0.339 e. The minimum absolute atomic E-state index is 0.0539. The van der Waals surface area contributed by atoms with Crippen molar-refractivity contribution in [3.63, 3.8) is 0 Å². The third kappa shape index (κ3) is 3.59. The number of nitrogens with zero attached hydrogens (tertiary/aromatic N) is 1. The number of likely N-dealkylation sites (N-methyl/N-ethyl adjacent to an activating group) is 1. The van der Waals surface area contributed by atoms with E-state index in [1.165, 1.54) is 12.1 Å². The third-order valence-corrected chi connectivity index (χ3v) is 3.00. The molecule has 1 aliphatic rings. The largest absolute Gasteiger partial charge is 0.490 e. The Labute approximate surface area is 111 Å². The molecule has 0 bridgehead atoms. The summed E-state index contributed by atoms with van der Waals surface area (Å²) in [5.41, 5.74) is 6.23. The van der Waals surface area contributed by atoms with E-state index in [-0.39, 0.29) is 17.4 Å². The molecule has 1 aromatic rings. The Balaban J connectivity index is 2.02. The van der Waals surface area contributed by atoms with Gasteiger partial charge >= 0.3 is 5.97 Å². The number of ether oxygens (including phenoxy) is 2. The summed E-state index contributed by atoms with van der Waals surface area (Å²) in [7, 11) is 2.01. The molecule has 1 heterocycles. The van der Waals surface area contributed by atoms with Crippen LogP contribution in [0.4, 0.5) is 5.69 Å². The SMILES string of the molecule is CN1CCOC(COc2cc(N)ccc2C(=O)O)C1. The van der Waals surface area contributed by atoms with Crippen LogP contribution in [0.5, 0.6) is 5.75 Å². The number of anilines is 1. The molecule has 19 heavy (non-hydrogen) atoms. The van der Waals surface area contributed by atoms with E-state index in [2.05, 4.69) is 4.90 Å². The highest BCUT2D eigenvalue weighted by Gasteiger charge is 2.19. The van der Waals surface area contributed by atoms with Crippen LogP contribution in [0.2, 0.25) is 0 Å². The molecule has 0 spiro atoms. The van der Waals surface area contributed by atoms with E-state index in [0.29, 0.717) is 18.9 Å². The standard InChI is InChI=1S/C13H18N2O4/c1-15-4-5-18-10(7-15)8-19-12-6-9(14)2-3-11(12)13(16)17/h2-3,6,10H,4-5,7-8,14H2,1H3,(H,16,17). The first-order chi connectivity index (χ1) is 9.06. The Kier molecular flexibility index (Phi) is 4.24. The lowest BCUT2D eigenvalue weighted by Crippen LogP contribution is -2.42. The summed E-state index contributed by atoms with van der Waals surface area (Å²) in [6, 6.07) is 4.51. The van der Waals surface area contributed by atoms with Crippen LogP contribution in [0.1, 0.15) is 10.4 Å². The molecule has 6 heteroatoms. The van der Waals surface area contributed by atoms with Gasteiger partial charge in [-0.2, -0.15) is 0 Å². The molecule has 104 valence electrons. The molecular formula is C13H18N2O4. The van der Waals surface area contributed by atoms with Crippen molar-refractivity contribution in [3.8, 4) is 5.75 Å². The molecule has 0 saturated carbocycles. The number of carbonyl (C=O) groups is 1. The second kappa shape index (κ2) is 5.90. The predicted molar refractivity (Wildman–Crippen MR) is 70.5 cm³/mol. The summed E-state index contributed by atoms with van der Waals surface area (Å²) in [5.74, 6) is -0.749. The van der Waals surface area contributed by atoms with Crippen LogP contribution in [-0.4, -0.2) is 55.4 Å². The minimum Gasteiger partial charge on any atom is -0.490 e. The van der Waals surface area contributed by atoms with Crippen molar-refractivity contribution in [1.29, 1.82) is 0 Å². The zero-order valence-electron chi connectivity index (χ0n) is 10.8. The fraction of sp³-hybridized carbons (Fsp3) is 0.462. The molecule has 2 rings (SSSR count). The van der Waals surface area contributed by atoms with Gasteiger partial charge in [0.25, 0.3) is 0 Å². The molecule has 0 amide bonds. The van der Waals surface area contributed by atoms with Crippen LogP contribution in [0.25, 0.3) is 0 Å². The summed E-state index contributed by atoms with van der Waals surface area (Å²) >= 11 is 0. The van der Waals surface area contributed by atoms with Crippen LogP contribution >= 0.6 is 0 Å². The predicted octanol–water partition coefficient (Wildman–Crippen LogP) is 0.676. The number of carboxylic acid groups (broad SMARTS) is 1. The number of nitrogens with two attached hydrogens (primary N) is 1. The summed E-state index contributed by atoms with van der Waals surface area (Å²) < 4.78 is 11.1. The zero-order valence-corrected chi connectivity index (χ0v) is 10.8. The van der Waals surface area contributed by atoms with Crippen molar-refractivity contribution in [2.45, 2.75) is 6.10 Å². The summed E-state index contributed by atoms with van der Waals surface area (Å²) in [4.78, 5) is 13.2. The van der Waals surface area contributed by atoms with E-state index in [0.717, 1.165) is 13.1 Å². The van der Waals surface area contributed by atoms with Gasteiger partial charge in [0.1, 0.15) is 24.0 Å². The number of hydrogen-bond donors (Lipinski definition) is 2. The van der Waals surface area contributed by atoms with Crippen LogP contribution in [0, 0.1) is 0 Å². The van der Waals surface area contributed by atoms with Crippen molar-refractivity contribution in [2.24, 2.45) is 0 Å². The van der Waals surface area contributed by atoms with Gasteiger partial charge in [-0.3, -0.25) is 0 Å². The third-order valence-electron chi connectivity index (χ3n) is 3.00. The number of benzene rings is 1. The van der Waals surface area contributed by atoms with Crippen LogP contribution in [0.3, 0.4) is 0 Å². The van der Waals surface area contributed by atoms with E-state index in [1.54, 1.807) is 6.07 Å². The van der Waals surface area contributed by atoms with E-state index in [1.807, 2.05) is 7.05 Å². The van der Waals surface area contributed by atoms with Crippen molar-refractivity contribution >= 4 is 11.7 Å². The number of morpholine rings is 1. The van der Waals surface area contributed by atoms with Gasteiger partial charge < -0.3 is 25.2 Å². The highest BCUT2D eigenvalue weighted by molar-refractivity contribution is 5.91. The van der Waals surface area contributed by atoms with Crippen molar-refractivity contribution < 1.29 is 19.4 Å². The molecule has 0 aliphatic carbocycles. The average molecular weight is 266 g/mol. The lowest BCUT2D eigenvalue weighted by molar-refractivity contribution is -0.0404. The molecule has 1 aliphatic heterocycles. The normalized spacial score (nSPS) is 20.2. The second-order valence-electron chi connectivity index (χ2n) is 4.63. The summed E-state index contributed by atoms with van der Waals surface area (Å²) in [6.07, 6.45) is -0.0539. The molecule has 1 atom stereocenters. The van der Waals surface area contributed by atoms with Gasteiger partial charge in [-0.15, -0.1) is 0 Å². The molecule has 3 N–H and O–H groups in total. The topological polar surface area (TPSA) is 85.0 Å². The highest BCUT2D eigenvalue weighted by Crippen LogP contribution is 2.22. The van der Waals surface area contributed by atoms with Gasteiger partial charge in [0.2, 0.25) is 0 Å². The Morgan fingerprint density at radius 2 is 2.42 bits per heavy atom. The fourth-order valence-electron chi connectivity index (χ4n) is 1.99. The highest BCUT2D eigenvalue weighted by atomic mass is 16.5. The first-order valence-electron chi connectivity index (χ1n) is 6.12. The van der Waals surface area contributed by atoms with Crippen LogP contribution < -0.4 is 10.5 Å². The van der Waals surface area contributed by atoms with Gasteiger partial charge in [-0.25, -0.2) is 4.79 Å². The molecule has 1 aromatic carbocycles. The van der Waals surface area contributed by atoms with Gasteiger partial charge in [0.05, 0.1) is 6.61 Å². The molecule has 6 nitrogen and oxygen atoms in total. The van der Waals surface area contributed by atoms with E-state index >= 15 is 0 Å². The van der Waals surface area contributed by atoms with Crippen LogP contribution in [-0.2, 0) is 4.74 Å². The van der Waals surface area contributed by atoms with Crippen molar-refractivity contribution in [3.05, 3.63) is 23.8 Å². The van der Waals surface area contributed by atoms with E-state index in [9.17, 15) is 4.79 Å². The van der Waals surface area contributed by atoms with Gasteiger partial charge in [0.15, 0.2) is 0 Å². The monoisotopic (exact) mass is 266 g/mol. The van der Waals surface area contributed by atoms with E-state index in [4.69, 9.17) is 20.3 Å². The molecule has 1 unspecified atom stereocenters. The zero-order chi connectivity index (χ0) is 13.8. The Hall–Kier alpha value is -1.79. The Morgan fingerprint density at radius 1 is 1.63 bits per heavy atom. The maximum Gasteiger partial charge on any atom is 0.339 e. The maximum atomic E-state index is 11.1. The van der Waals surface area contributed by atoms with E-state index < -0.39 is 5.97 Å². The Bertz CT molecular complexity index is 464. The molecule has 1 fully saturated rings. The van der Waals surface area contributed by atoms with Gasteiger partial charge in [-0.05, 0) is 19.2 Å². The molecule has 0 aromatic heterocycles. The number of aromatic carboxylic acids is 1. The van der Waals surface area contributed by atoms with Gasteiger partial charge in [-0.1, -0.05) is 0 Å². The van der Waals surface area contributed by atoms with Gasteiger partial charge in [0, 0.05) is 24.8 Å². The maximum absolute atomic E-state index is 11.1. The minimum atomic E-state index is -1.03. The number of rotatable bonds is 4. The second-order valence-corrected chi connectivity index (χ2v) is 4.63.